The number of ether oxygens (including phenoxy) is 2. The molecule has 0 heterocycles. The molecule has 28 heavy (non-hydrogen) atoms. The van der Waals surface area contributed by atoms with Gasteiger partial charge in [-0.15, -0.1) is 0 Å². The molecule has 2 aromatic rings. The zero-order valence-electron chi connectivity index (χ0n) is 16.1. The highest BCUT2D eigenvalue weighted by Gasteiger charge is 2.13. The fourth-order valence-electron chi connectivity index (χ4n) is 2.32. The Kier molecular flexibility index (Phi) is 7.40. The Bertz CT molecular complexity index is 887. The summed E-state index contributed by atoms with van der Waals surface area (Å²) in [6, 6.07) is 12.9. The summed E-state index contributed by atoms with van der Waals surface area (Å²) in [4.78, 5) is 24.4. The lowest BCUT2D eigenvalue weighted by atomic mass is 10.1. The van der Waals surface area contributed by atoms with Crippen LogP contribution in [0.4, 0.5) is 0 Å². The molecule has 2 rings (SSSR count). The molecule has 7 heteroatoms. The third-order valence-corrected chi connectivity index (χ3v) is 3.92. The van der Waals surface area contributed by atoms with Crippen LogP contribution >= 0.6 is 0 Å². The van der Waals surface area contributed by atoms with E-state index in [2.05, 4.69) is 24.7 Å². The first-order valence-electron chi connectivity index (χ1n) is 8.86. The molecule has 0 unspecified atom stereocenters. The summed E-state index contributed by atoms with van der Waals surface area (Å²) in [5, 5.41) is 8.89. The van der Waals surface area contributed by atoms with Crippen LogP contribution < -0.4 is 20.3 Å². The highest BCUT2D eigenvalue weighted by molar-refractivity contribution is 5.99. The quantitative estimate of drug-likeness (QED) is 0.718. The van der Waals surface area contributed by atoms with Gasteiger partial charge in [0.2, 0.25) is 0 Å². The number of nitrogens with one attached hydrogen (secondary N) is 2. The van der Waals surface area contributed by atoms with E-state index in [1.807, 2.05) is 6.07 Å². The predicted octanol–water partition coefficient (Wildman–Crippen LogP) is 3.07. The van der Waals surface area contributed by atoms with Crippen molar-refractivity contribution >= 4 is 11.8 Å². The van der Waals surface area contributed by atoms with Gasteiger partial charge in [-0.2, -0.15) is 5.26 Å². The molecule has 0 saturated heterocycles. The normalized spacial score (nSPS) is 10.1. The van der Waals surface area contributed by atoms with Gasteiger partial charge in [0.1, 0.15) is 0 Å². The minimum absolute atomic E-state index is 0.269. The lowest BCUT2D eigenvalue weighted by Gasteiger charge is -2.13. The van der Waals surface area contributed by atoms with Crippen LogP contribution in [0.15, 0.2) is 42.5 Å². The average Bonchev–Trinajstić information content (AvgIpc) is 2.71. The lowest BCUT2D eigenvalue weighted by Crippen LogP contribution is -2.41. The second kappa shape index (κ2) is 9.97. The fourth-order valence-corrected chi connectivity index (χ4v) is 2.32. The van der Waals surface area contributed by atoms with Gasteiger partial charge >= 0.3 is 0 Å². The first-order valence-corrected chi connectivity index (χ1v) is 8.86. The summed E-state index contributed by atoms with van der Waals surface area (Å²) >= 11 is 0. The van der Waals surface area contributed by atoms with Crippen LogP contribution in [-0.4, -0.2) is 25.5 Å². The highest BCUT2D eigenvalue weighted by Crippen LogP contribution is 2.28. The van der Waals surface area contributed by atoms with E-state index in [1.165, 1.54) is 13.2 Å². The molecule has 0 saturated carbocycles. The number of benzene rings is 2. The van der Waals surface area contributed by atoms with Crippen molar-refractivity contribution in [2.24, 2.45) is 5.92 Å². The van der Waals surface area contributed by atoms with Gasteiger partial charge in [0.15, 0.2) is 11.5 Å². The maximum atomic E-state index is 12.3. The smallest absolute Gasteiger partial charge is 0.269 e. The minimum Gasteiger partial charge on any atom is -0.493 e. The molecule has 0 atom stereocenters. The van der Waals surface area contributed by atoms with E-state index in [-0.39, 0.29) is 5.56 Å². The summed E-state index contributed by atoms with van der Waals surface area (Å²) in [6.07, 6.45) is 0.907. The number of methoxy groups -OCH3 is 1. The SMILES string of the molecule is COc1cc(C(=O)NNC(=O)c2cccc(C#N)c2)ccc1OCCC(C)C. The van der Waals surface area contributed by atoms with E-state index in [4.69, 9.17) is 14.7 Å². The number of hydrogen-bond acceptors (Lipinski definition) is 5. The summed E-state index contributed by atoms with van der Waals surface area (Å²) in [5.41, 5.74) is 5.61. The average molecular weight is 381 g/mol. The summed E-state index contributed by atoms with van der Waals surface area (Å²) < 4.78 is 11.0. The van der Waals surface area contributed by atoms with Crippen LogP contribution in [0, 0.1) is 17.2 Å². The summed E-state index contributed by atoms with van der Waals surface area (Å²) in [6.45, 7) is 4.77. The Morgan fingerprint density at radius 3 is 2.32 bits per heavy atom. The summed E-state index contributed by atoms with van der Waals surface area (Å²) in [7, 11) is 1.50. The molecular weight excluding hydrogens is 358 g/mol. The Balaban J connectivity index is 1.99. The van der Waals surface area contributed by atoms with E-state index in [0.29, 0.717) is 35.2 Å². The molecule has 0 fully saturated rings. The molecule has 2 amide bonds. The molecule has 0 spiro atoms. The van der Waals surface area contributed by atoms with Crippen molar-refractivity contribution < 1.29 is 19.1 Å². The maximum absolute atomic E-state index is 12.3. The van der Waals surface area contributed by atoms with Crippen LogP contribution in [0.5, 0.6) is 11.5 Å². The number of amides is 2. The van der Waals surface area contributed by atoms with Crippen LogP contribution in [0.25, 0.3) is 0 Å². The minimum atomic E-state index is -0.522. The van der Waals surface area contributed by atoms with Crippen molar-refractivity contribution in [1.29, 1.82) is 5.26 Å². The predicted molar refractivity (Wildman–Crippen MR) is 104 cm³/mol. The first kappa shape index (κ1) is 20.8. The number of carbonyl (C=O) groups is 2. The van der Waals surface area contributed by atoms with Crippen LogP contribution in [0.2, 0.25) is 0 Å². The second-order valence-electron chi connectivity index (χ2n) is 6.50. The van der Waals surface area contributed by atoms with Gasteiger partial charge in [-0.1, -0.05) is 19.9 Å². The van der Waals surface area contributed by atoms with Gasteiger partial charge in [-0.3, -0.25) is 20.4 Å². The largest absolute Gasteiger partial charge is 0.493 e. The molecule has 2 aromatic carbocycles. The molecule has 2 N–H and O–H groups in total. The molecule has 7 nitrogen and oxygen atoms in total. The number of hydrogen-bond donors (Lipinski definition) is 2. The lowest BCUT2D eigenvalue weighted by molar-refractivity contribution is 0.0846. The van der Waals surface area contributed by atoms with E-state index in [9.17, 15) is 9.59 Å². The van der Waals surface area contributed by atoms with E-state index < -0.39 is 11.8 Å². The Morgan fingerprint density at radius 2 is 1.71 bits per heavy atom. The Morgan fingerprint density at radius 1 is 1.04 bits per heavy atom. The zero-order chi connectivity index (χ0) is 20.5. The third kappa shape index (κ3) is 5.74. The maximum Gasteiger partial charge on any atom is 0.269 e. The molecule has 0 aromatic heterocycles. The molecule has 0 aliphatic rings. The Labute approximate surface area is 164 Å². The number of nitrogens with zero attached hydrogens (tertiary/aromatic N) is 1. The van der Waals surface area contributed by atoms with Crippen LogP contribution in [0.3, 0.4) is 0 Å². The highest BCUT2D eigenvalue weighted by atomic mass is 16.5. The molecule has 0 radical (unpaired) electrons. The third-order valence-electron chi connectivity index (χ3n) is 3.92. The van der Waals surface area contributed by atoms with E-state index >= 15 is 0 Å². The Hall–Kier alpha value is -3.53. The summed E-state index contributed by atoms with van der Waals surface area (Å²) in [5.74, 6) is 0.484. The monoisotopic (exact) mass is 381 g/mol. The van der Waals surface area contributed by atoms with Crippen LogP contribution in [-0.2, 0) is 0 Å². The van der Waals surface area contributed by atoms with Crippen molar-refractivity contribution in [3.8, 4) is 17.6 Å². The van der Waals surface area contributed by atoms with Gasteiger partial charge in [0, 0.05) is 11.1 Å². The van der Waals surface area contributed by atoms with Gasteiger partial charge in [0.05, 0.1) is 25.3 Å². The van der Waals surface area contributed by atoms with Gasteiger partial charge in [-0.25, -0.2) is 0 Å². The van der Waals surface area contributed by atoms with Crippen LogP contribution in [0.1, 0.15) is 46.5 Å². The van der Waals surface area contributed by atoms with Crippen molar-refractivity contribution in [3.63, 3.8) is 0 Å². The zero-order valence-corrected chi connectivity index (χ0v) is 16.1. The topological polar surface area (TPSA) is 100 Å². The first-order chi connectivity index (χ1) is 13.4. The van der Waals surface area contributed by atoms with Gasteiger partial charge in [0.25, 0.3) is 11.8 Å². The van der Waals surface area contributed by atoms with Crippen molar-refractivity contribution in [3.05, 3.63) is 59.2 Å². The number of nitriles is 1. The second-order valence-corrected chi connectivity index (χ2v) is 6.50. The number of rotatable bonds is 7. The standard InChI is InChI=1S/C21H23N3O4/c1-14(2)9-10-28-18-8-7-17(12-19(18)27-3)21(26)24-23-20(25)16-6-4-5-15(11-16)13-22/h4-8,11-12,14H,9-10H2,1-3H3,(H,23,25)(H,24,26). The number of hydrazine groups is 1. The molecule has 0 aliphatic carbocycles. The van der Waals surface area contributed by atoms with Gasteiger partial charge < -0.3 is 9.47 Å². The molecule has 0 aliphatic heterocycles. The van der Waals surface area contributed by atoms with Crippen molar-refractivity contribution in [1.82, 2.24) is 10.9 Å². The van der Waals surface area contributed by atoms with Crippen molar-refractivity contribution in [2.75, 3.05) is 13.7 Å². The van der Waals surface area contributed by atoms with Crippen molar-refractivity contribution in [2.45, 2.75) is 20.3 Å². The fraction of sp³-hybridized carbons (Fsp3) is 0.286. The van der Waals surface area contributed by atoms with E-state index in [1.54, 1.807) is 36.4 Å². The number of carbonyl (C=O) groups excluding carboxylic acids is 2. The molecular formula is C21H23N3O4. The van der Waals surface area contributed by atoms with Gasteiger partial charge in [-0.05, 0) is 48.7 Å². The molecule has 0 bridgehead atoms. The van der Waals surface area contributed by atoms with E-state index in [0.717, 1.165) is 6.42 Å². The molecule has 146 valence electrons.